The lowest BCUT2D eigenvalue weighted by atomic mass is 10.1. The number of nitrogens with zero attached hydrogens (tertiary/aromatic N) is 1. The molecule has 19 heavy (non-hydrogen) atoms. The van der Waals surface area contributed by atoms with Gasteiger partial charge < -0.3 is 9.52 Å². The Kier molecular flexibility index (Phi) is 4.79. The predicted octanol–water partition coefficient (Wildman–Crippen LogP) is 2.26. The summed E-state index contributed by atoms with van der Waals surface area (Å²) in [6, 6.07) is 10.1. The number of hydrogen-bond acceptors (Lipinski definition) is 3. The third kappa shape index (κ3) is 4.29. The Hall–Kier alpha value is -2.02. The smallest absolute Gasteiger partial charge is 0.104 e. The van der Waals surface area contributed by atoms with Crippen LogP contribution in [0.5, 0.6) is 0 Å². The highest BCUT2D eigenvalue weighted by atomic mass is 16.3. The molecular formula is C16H17NO2. The standard InChI is InChI=1S/C16H17NO2/c1-17(12-16-8-10-19-13-16)11-15-6-4-14(5-7-15)3-2-9-18/h4-8,10,13,18H,9,11-12H2,1H3. The average molecular weight is 255 g/mol. The molecule has 0 aliphatic carbocycles. The van der Waals surface area contributed by atoms with Gasteiger partial charge in [0.05, 0.1) is 12.5 Å². The summed E-state index contributed by atoms with van der Waals surface area (Å²) in [5.41, 5.74) is 3.34. The molecule has 0 aliphatic rings. The second-order valence-corrected chi connectivity index (χ2v) is 4.46. The number of hydrogen-bond donors (Lipinski definition) is 1. The Morgan fingerprint density at radius 1 is 1.11 bits per heavy atom. The van der Waals surface area contributed by atoms with E-state index in [0.29, 0.717) is 0 Å². The first-order valence-corrected chi connectivity index (χ1v) is 6.16. The summed E-state index contributed by atoms with van der Waals surface area (Å²) >= 11 is 0. The topological polar surface area (TPSA) is 36.6 Å². The van der Waals surface area contributed by atoms with Crippen LogP contribution in [0.15, 0.2) is 47.3 Å². The van der Waals surface area contributed by atoms with Gasteiger partial charge in [-0.3, -0.25) is 4.90 Å². The third-order valence-corrected chi connectivity index (χ3v) is 2.75. The summed E-state index contributed by atoms with van der Waals surface area (Å²) in [5, 5.41) is 8.64. The van der Waals surface area contributed by atoms with E-state index >= 15 is 0 Å². The van der Waals surface area contributed by atoms with E-state index in [2.05, 4.69) is 35.9 Å². The molecule has 98 valence electrons. The molecule has 1 aromatic heterocycles. The lowest BCUT2D eigenvalue weighted by molar-refractivity contribution is 0.318. The molecule has 0 saturated heterocycles. The number of benzene rings is 1. The largest absolute Gasteiger partial charge is 0.472 e. The third-order valence-electron chi connectivity index (χ3n) is 2.75. The number of aliphatic hydroxyl groups excluding tert-OH is 1. The molecule has 1 aromatic carbocycles. The maximum atomic E-state index is 8.64. The Bertz CT molecular complexity index is 547. The van der Waals surface area contributed by atoms with E-state index in [1.165, 1.54) is 11.1 Å². The van der Waals surface area contributed by atoms with Gasteiger partial charge in [0.25, 0.3) is 0 Å². The minimum absolute atomic E-state index is 0.102. The van der Waals surface area contributed by atoms with Crippen molar-refractivity contribution in [2.75, 3.05) is 13.7 Å². The minimum atomic E-state index is -0.102. The van der Waals surface area contributed by atoms with Crippen molar-refractivity contribution in [3.63, 3.8) is 0 Å². The van der Waals surface area contributed by atoms with Gasteiger partial charge in [0.15, 0.2) is 0 Å². The normalized spacial score (nSPS) is 10.3. The van der Waals surface area contributed by atoms with Gasteiger partial charge in [-0.05, 0) is 30.8 Å². The van der Waals surface area contributed by atoms with Gasteiger partial charge in [-0.2, -0.15) is 0 Å². The van der Waals surface area contributed by atoms with Crippen LogP contribution >= 0.6 is 0 Å². The van der Waals surface area contributed by atoms with Crippen LogP contribution in [0, 0.1) is 11.8 Å². The number of aliphatic hydroxyl groups is 1. The zero-order valence-corrected chi connectivity index (χ0v) is 11.0. The van der Waals surface area contributed by atoms with Gasteiger partial charge in [0.2, 0.25) is 0 Å². The Morgan fingerprint density at radius 2 is 1.84 bits per heavy atom. The average Bonchev–Trinajstić information content (AvgIpc) is 2.90. The summed E-state index contributed by atoms with van der Waals surface area (Å²) in [6.07, 6.45) is 3.46. The second kappa shape index (κ2) is 6.79. The fraction of sp³-hybridized carbons (Fsp3) is 0.250. The molecule has 1 N–H and O–H groups in total. The fourth-order valence-electron chi connectivity index (χ4n) is 1.90. The van der Waals surface area contributed by atoms with Crippen molar-refractivity contribution >= 4 is 0 Å². The van der Waals surface area contributed by atoms with E-state index in [1.807, 2.05) is 18.2 Å². The van der Waals surface area contributed by atoms with Crippen molar-refractivity contribution < 1.29 is 9.52 Å². The van der Waals surface area contributed by atoms with E-state index in [0.717, 1.165) is 18.7 Å². The molecular weight excluding hydrogens is 238 g/mol. The van der Waals surface area contributed by atoms with Crippen LogP contribution in [0.3, 0.4) is 0 Å². The van der Waals surface area contributed by atoms with Gasteiger partial charge in [-0.25, -0.2) is 0 Å². The molecule has 1 heterocycles. The van der Waals surface area contributed by atoms with Crippen molar-refractivity contribution in [2.24, 2.45) is 0 Å². The highest BCUT2D eigenvalue weighted by molar-refractivity contribution is 5.36. The highest BCUT2D eigenvalue weighted by Crippen LogP contribution is 2.09. The Labute approximate surface area is 113 Å². The summed E-state index contributed by atoms with van der Waals surface area (Å²) in [6.45, 7) is 1.64. The molecule has 0 radical (unpaired) electrons. The zero-order valence-electron chi connectivity index (χ0n) is 11.0. The summed E-state index contributed by atoms with van der Waals surface area (Å²) in [5.74, 6) is 5.52. The quantitative estimate of drug-likeness (QED) is 0.851. The highest BCUT2D eigenvalue weighted by Gasteiger charge is 2.02. The van der Waals surface area contributed by atoms with E-state index in [-0.39, 0.29) is 6.61 Å². The van der Waals surface area contributed by atoms with Crippen molar-refractivity contribution in [3.05, 3.63) is 59.5 Å². The lowest BCUT2D eigenvalue weighted by Gasteiger charge is -2.15. The molecule has 0 fully saturated rings. The molecule has 3 nitrogen and oxygen atoms in total. The van der Waals surface area contributed by atoms with Crippen LogP contribution in [0.4, 0.5) is 0 Å². The fourth-order valence-corrected chi connectivity index (χ4v) is 1.90. The maximum Gasteiger partial charge on any atom is 0.104 e. The second-order valence-electron chi connectivity index (χ2n) is 4.46. The summed E-state index contributed by atoms with van der Waals surface area (Å²) in [4.78, 5) is 2.22. The minimum Gasteiger partial charge on any atom is -0.472 e. The van der Waals surface area contributed by atoms with Gasteiger partial charge in [-0.15, -0.1) is 0 Å². The molecule has 2 rings (SSSR count). The summed E-state index contributed by atoms with van der Waals surface area (Å²) in [7, 11) is 2.08. The Morgan fingerprint density at radius 3 is 2.47 bits per heavy atom. The first-order chi connectivity index (χ1) is 9.28. The van der Waals surface area contributed by atoms with Crippen LogP contribution < -0.4 is 0 Å². The maximum absolute atomic E-state index is 8.64. The van der Waals surface area contributed by atoms with Crippen LogP contribution in [-0.2, 0) is 13.1 Å². The number of furan rings is 1. The number of rotatable bonds is 4. The van der Waals surface area contributed by atoms with Crippen LogP contribution in [-0.4, -0.2) is 23.7 Å². The van der Waals surface area contributed by atoms with Crippen molar-refractivity contribution in [1.82, 2.24) is 4.90 Å². The monoisotopic (exact) mass is 255 g/mol. The van der Waals surface area contributed by atoms with Gasteiger partial charge in [-0.1, -0.05) is 24.0 Å². The first-order valence-electron chi connectivity index (χ1n) is 6.16. The van der Waals surface area contributed by atoms with E-state index in [9.17, 15) is 0 Å². The molecule has 0 saturated carbocycles. The molecule has 0 bridgehead atoms. The van der Waals surface area contributed by atoms with Gasteiger partial charge in [0, 0.05) is 24.2 Å². The molecule has 0 amide bonds. The van der Waals surface area contributed by atoms with E-state index in [4.69, 9.17) is 9.52 Å². The van der Waals surface area contributed by atoms with Crippen LogP contribution in [0.1, 0.15) is 16.7 Å². The molecule has 3 heteroatoms. The van der Waals surface area contributed by atoms with Crippen molar-refractivity contribution in [2.45, 2.75) is 13.1 Å². The molecule has 2 aromatic rings. The summed E-state index contributed by atoms with van der Waals surface area (Å²) < 4.78 is 5.06. The molecule has 0 aliphatic heterocycles. The molecule has 0 unspecified atom stereocenters. The first kappa shape index (κ1) is 13.4. The van der Waals surface area contributed by atoms with E-state index in [1.54, 1.807) is 12.5 Å². The van der Waals surface area contributed by atoms with Crippen LogP contribution in [0.25, 0.3) is 0 Å². The van der Waals surface area contributed by atoms with E-state index < -0.39 is 0 Å². The zero-order chi connectivity index (χ0) is 13.5. The Balaban J connectivity index is 1.92. The SMILES string of the molecule is CN(Cc1ccc(C#CCO)cc1)Cc1ccoc1. The van der Waals surface area contributed by atoms with Crippen molar-refractivity contribution in [1.29, 1.82) is 0 Å². The van der Waals surface area contributed by atoms with Crippen LogP contribution in [0.2, 0.25) is 0 Å². The predicted molar refractivity (Wildman–Crippen MR) is 74.3 cm³/mol. The molecule has 0 atom stereocenters. The van der Waals surface area contributed by atoms with Gasteiger partial charge in [0.1, 0.15) is 6.61 Å². The van der Waals surface area contributed by atoms with Gasteiger partial charge >= 0.3 is 0 Å². The van der Waals surface area contributed by atoms with Crippen molar-refractivity contribution in [3.8, 4) is 11.8 Å². The lowest BCUT2D eigenvalue weighted by Crippen LogP contribution is -2.16. The molecule has 0 spiro atoms.